The molecule has 0 bridgehead atoms. The molecule has 2 rings (SSSR count). The molecule has 1 heterocycles. The van der Waals surface area contributed by atoms with Crippen molar-refractivity contribution in [2.75, 3.05) is 11.9 Å². The van der Waals surface area contributed by atoms with E-state index < -0.39 is 5.97 Å². The minimum absolute atomic E-state index is 0.138. The van der Waals surface area contributed by atoms with Crippen molar-refractivity contribution in [1.29, 1.82) is 0 Å². The Morgan fingerprint density at radius 3 is 2.73 bits per heavy atom. The minimum atomic E-state index is -0.660. The molecule has 0 atom stereocenters. The number of nitrogens with zero attached hydrogens (tertiary/aromatic N) is 1. The van der Waals surface area contributed by atoms with Crippen LogP contribution < -0.4 is 4.90 Å². The van der Waals surface area contributed by atoms with E-state index in [4.69, 9.17) is 5.11 Å². The van der Waals surface area contributed by atoms with Gasteiger partial charge in [-0.15, -0.1) is 11.3 Å². The van der Waals surface area contributed by atoms with E-state index in [1.165, 1.54) is 5.00 Å². The largest absolute Gasteiger partial charge is 0.481 e. The van der Waals surface area contributed by atoms with Gasteiger partial charge in [-0.3, -0.25) is 4.79 Å². The number of carboxylic acids is 1. The van der Waals surface area contributed by atoms with E-state index in [9.17, 15) is 4.79 Å². The van der Waals surface area contributed by atoms with Crippen molar-refractivity contribution < 1.29 is 9.90 Å². The molecule has 0 unspecified atom stereocenters. The van der Waals surface area contributed by atoms with Gasteiger partial charge in [0.15, 0.2) is 0 Å². The van der Waals surface area contributed by atoms with Gasteiger partial charge < -0.3 is 10.0 Å². The molecular formula is C10H12BrNO2S. The van der Waals surface area contributed by atoms with E-state index in [1.807, 2.05) is 13.1 Å². The minimum Gasteiger partial charge on any atom is -0.481 e. The zero-order chi connectivity index (χ0) is 11.0. The number of hydrogen-bond donors (Lipinski definition) is 1. The molecule has 3 nitrogen and oxygen atoms in total. The summed E-state index contributed by atoms with van der Waals surface area (Å²) >= 11 is 5.10. The number of thiophene rings is 1. The fourth-order valence-electron chi connectivity index (χ4n) is 1.78. The molecule has 5 heteroatoms. The average Bonchev–Trinajstić information content (AvgIpc) is 2.48. The highest BCUT2D eigenvalue weighted by molar-refractivity contribution is 9.11. The molecule has 0 amide bonds. The number of halogens is 1. The van der Waals surface area contributed by atoms with Crippen LogP contribution in [-0.4, -0.2) is 24.2 Å². The molecule has 1 aromatic rings. The van der Waals surface area contributed by atoms with Crippen molar-refractivity contribution in [2.24, 2.45) is 5.92 Å². The molecule has 1 N–H and O–H groups in total. The van der Waals surface area contributed by atoms with Crippen LogP contribution in [0.5, 0.6) is 0 Å². The zero-order valence-corrected chi connectivity index (χ0v) is 10.7. The van der Waals surface area contributed by atoms with Gasteiger partial charge in [-0.05, 0) is 40.9 Å². The predicted molar refractivity (Wildman–Crippen MR) is 64.6 cm³/mol. The lowest BCUT2D eigenvalue weighted by atomic mass is 9.79. The van der Waals surface area contributed by atoms with Gasteiger partial charge in [0, 0.05) is 13.1 Å². The second kappa shape index (κ2) is 4.14. The Morgan fingerprint density at radius 2 is 2.27 bits per heavy atom. The monoisotopic (exact) mass is 289 g/mol. The van der Waals surface area contributed by atoms with Crippen LogP contribution in [0.4, 0.5) is 5.00 Å². The molecule has 0 radical (unpaired) electrons. The van der Waals surface area contributed by atoms with E-state index in [0.717, 1.165) is 16.6 Å². The van der Waals surface area contributed by atoms with Crippen LogP contribution in [-0.2, 0) is 4.79 Å². The quantitative estimate of drug-likeness (QED) is 0.930. The Morgan fingerprint density at radius 1 is 1.60 bits per heavy atom. The van der Waals surface area contributed by atoms with Gasteiger partial charge >= 0.3 is 5.97 Å². The second-order valence-electron chi connectivity index (χ2n) is 3.85. The first-order valence-corrected chi connectivity index (χ1v) is 6.40. The third-order valence-corrected chi connectivity index (χ3v) is 4.63. The fraction of sp³-hybridized carbons (Fsp3) is 0.500. The van der Waals surface area contributed by atoms with Crippen LogP contribution in [0.3, 0.4) is 0 Å². The molecule has 1 fully saturated rings. The van der Waals surface area contributed by atoms with Gasteiger partial charge in [0.05, 0.1) is 14.7 Å². The SMILES string of the molecule is CN(c1ccc(Br)s1)C1CC(C(=O)O)C1. The van der Waals surface area contributed by atoms with E-state index in [0.29, 0.717) is 6.04 Å². The van der Waals surface area contributed by atoms with Gasteiger partial charge in [-0.25, -0.2) is 0 Å². The molecule has 0 spiro atoms. The number of carboxylic acid groups (broad SMARTS) is 1. The van der Waals surface area contributed by atoms with Gasteiger partial charge in [-0.1, -0.05) is 0 Å². The Hall–Kier alpha value is -0.550. The second-order valence-corrected chi connectivity index (χ2v) is 6.29. The highest BCUT2D eigenvalue weighted by Crippen LogP contribution is 2.37. The van der Waals surface area contributed by atoms with Crippen LogP contribution in [0.25, 0.3) is 0 Å². The number of aliphatic carboxylic acids is 1. The summed E-state index contributed by atoms with van der Waals surface area (Å²) in [4.78, 5) is 12.8. The van der Waals surface area contributed by atoms with Crippen LogP contribution in [0.15, 0.2) is 15.9 Å². The maximum absolute atomic E-state index is 10.7. The summed E-state index contributed by atoms with van der Waals surface area (Å²) < 4.78 is 1.11. The highest BCUT2D eigenvalue weighted by atomic mass is 79.9. The molecule has 82 valence electrons. The van der Waals surface area contributed by atoms with Crippen LogP contribution in [0, 0.1) is 5.92 Å². The van der Waals surface area contributed by atoms with Crippen molar-refractivity contribution in [1.82, 2.24) is 0 Å². The van der Waals surface area contributed by atoms with E-state index in [2.05, 4.69) is 26.9 Å². The first-order valence-electron chi connectivity index (χ1n) is 4.79. The van der Waals surface area contributed by atoms with E-state index in [1.54, 1.807) is 11.3 Å². The topological polar surface area (TPSA) is 40.5 Å². The lowest BCUT2D eigenvalue weighted by Gasteiger charge is -2.39. The summed E-state index contributed by atoms with van der Waals surface area (Å²) in [6, 6.07) is 4.46. The normalized spacial score (nSPS) is 24.7. The van der Waals surface area contributed by atoms with Crippen LogP contribution in [0.1, 0.15) is 12.8 Å². The Balaban J connectivity index is 1.94. The molecule has 1 aliphatic carbocycles. The van der Waals surface area contributed by atoms with Gasteiger partial charge in [0.2, 0.25) is 0 Å². The van der Waals surface area contributed by atoms with Crippen LogP contribution >= 0.6 is 27.3 Å². The Labute approximate surface area is 101 Å². The third kappa shape index (κ3) is 2.18. The summed E-state index contributed by atoms with van der Waals surface area (Å²) in [6.07, 6.45) is 1.53. The summed E-state index contributed by atoms with van der Waals surface area (Å²) in [7, 11) is 2.03. The van der Waals surface area contributed by atoms with Gasteiger partial charge in [0.25, 0.3) is 0 Å². The maximum atomic E-state index is 10.7. The number of carbonyl (C=O) groups is 1. The van der Waals surface area contributed by atoms with Crippen molar-refractivity contribution >= 4 is 38.2 Å². The van der Waals surface area contributed by atoms with E-state index >= 15 is 0 Å². The smallest absolute Gasteiger partial charge is 0.306 e. The highest BCUT2D eigenvalue weighted by Gasteiger charge is 2.37. The maximum Gasteiger partial charge on any atom is 0.306 e. The molecule has 0 aromatic carbocycles. The molecular weight excluding hydrogens is 278 g/mol. The lowest BCUT2D eigenvalue weighted by molar-refractivity contribution is -0.145. The zero-order valence-electron chi connectivity index (χ0n) is 8.31. The predicted octanol–water partition coefficient (Wildman–Crippen LogP) is 2.81. The van der Waals surface area contributed by atoms with Gasteiger partial charge in [0.1, 0.15) is 0 Å². The number of hydrogen-bond acceptors (Lipinski definition) is 3. The molecule has 1 aliphatic rings. The Bertz CT molecular complexity index is 373. The summed E-state index contributed by atoms with van der Waals surface area (Å²) in [5.74, 6) is -0.798. The molecule has 15 heavy (non-hydrogen) atoms. The third-order valence-electron chi connectivity index (χ3n) is 2.92. The number of rotatable bonds is 3. The standard InChI is InChI=1S/C10H12BrNO2S/c1-12(9-3-2-8(11)15-9)7-4-6(5-7)10(13)14/h2-3,6-7H,4-5H2,1H3,(H,13,14). The van der Waals surface area contributed by atoms with Crippen molar-refractivity contribution in [3.63, 3.8) is 0 Å². The molecule has 1 aromatic heterocycles. The first kappa shape index (κ1) is 11.0. The summed E-state index contributed by atoms with van der Waals surface area (Å²) in [5.41, 5.74) is 0. The summed E-state index contributed by atoms with van der Waals surface area (Å²) in [6.45, 7) is 0. The fourth-order valence-corrected chi connectivity index (χ4v) is 3.17. The van der Waals surface area contributed by atoms with Crippen molar-refractivity contribution in [2.45, 2.75) is 18.9 Å². The molecule has 0 aliphatic heterocycles. The average molecular weight is 290 g/mol. The lowest BCUT2D eigenvalue weighted by Crippen LogP contribution is -2.45. The molecule has 0 saturated heterocycles. The van der Waals surface area contributed by atoms with Crippen molar-refractivity contribution in [3.8, 4) is 0 Å². The Kier molecular flexibility index (Phi) is 3.02. The molecule has 1 saturated carbocycles. The first-order chi connectivity index (χ1) is 7.08. The summed E-state index contributed by atoms with van der Waals surface area (Å²) in [5, 5.41) is 9.97. The number of anilines is 1. The van der Waals surface area contributed by atoms with E-state index in [-0.39, 0.29) is 5.92 Å². The van der Waals surface area contributed by atoms with Crippen molar-refractivity contribution in [3.05, 3.63) is 15.9 Å². The van der Waals surface area contributed by atoms with Gasteiger partial charge in [-0.2, -0.15) is 0 Å². The van der Waals surface area contributed by atoms with Crippen LogP contribution in [0.2, 0.25) is 0 Å².